The molecule has 10 aliphatic rings. The molecule has 3 aliphatic heterocycles. The molecular weight excluding hydrogens is 1170 g/mol. The van der Waals surface area contributed by atoms with Crippen molar-refractivity contribution >= 4 is 35.0 Å². The van der Waals surface area contributed by atoms with Gasteiger partial charge in [-0.25, -0.2) is 23.2 Å². The Morgan fingerprint density at radius 1 is 0.758 bits per heavy atom. The number of likely N-dealkylation sites (N-methyl/N-ethyl adjacent to an activating group) is 1. The molecular formula is C75H97ClN4O11. The Morgan fingerprint density at radius 3 is 2.09 bits per heavy atom. The standard InChI is InChI=1S/C75H97N4O7.ClHO4/c1-15-77(16-2)51-29-30-54-59(44-51)86-66-50(28-33-63-70(7,8)56-26-19-20-27-58(56)76(63)14)22-21-25-55(66)64(54)52-23-17-18-24-53(52)68(82)78-40-42-79(43-41-78)69(83)75-37-34-46(3)47(4)65(75)57-31-32-62-72(11)45-60(84-48(5)80)67(85-49(6)81)71(9,10)61(72)35-36-74(62,13)73(57,12)38-39-75;2-1(3,4)5/h17-20,23-24,26-31,33,44,46-47,60-62,65,67H,15-16,21-22,25,32,34-43,45H2,1-14H3;(H,2,3,4,5)/q+1;/p-1/t46-,47+,60-,61+,62-,65+,67+,72+,73-,74-,75+;/m1./s1. The van der Waals surface area contributed by atoms with Crippen LogP contribution in [0.3, 0.4) is 0 Å². The van der Waals surface area contributed by atoms with Crippen LogP contribution < -0.4 is 33.5 Å². The summed E-state index contributed by atoms with van der Waals surface area (Å²) in [4.78, 5) is 63.2. The van der Waals surface area contributed by atoms with Crippen LogP contribution in [0, 0.1) is 66.9 Å². The summed E-state index contributed by atoms with van der Waals surface area (Å²) in [7, 11) is -2.77. The van der Waals surface area contributed by atoms with Crippen molar-refractivity contribution in [3.8, 4) is 22.5 Å². The van der Waals surface area contributed by atoms with Crippen molar-refractivity contribution in [1.29, 1.82) is 0 Å². The lowest BCUT2D eigenvalue weighted by atomic mass is 9.33. The van der Waals surface area contributed by atoms with Crippen molar-refractivity contribution in [2.24, 2.45) is 56.7 Å². The molecule has 2 aromatic carbocycles. The second kappa shape index (κ2) is 24.3. The zero-order valence-corrected chi connectivity index (χ0v) is 57.1. The maximum atomic E-state index is 15.9. The Bertz CT molecular complexity index is 3650. The van der Waals surface area contributed by atoms with Gasteiger partial charge in [0.15, 0.2) is 0 Å². The van der Waals surface area contributed by atoms with Gasteiger partial charge in [-0.15, -0.1) is 10.2 Å². The highest BCUT2D eigenvalue weighted by atomic mass is 35.7. The third kappa shape index (κ3) is 11.2. The van der Waals surface area contributed by atoms with Crippen molar-refractivity contribution in [2.45, 2.75) is 178 Å². The summed E-state index contributed by atoms with van der Waals surface area (Å²) in [6.45, 7) is 32.5. The quantitative estimate of drug-likeness (QED) is 0.0919. The lowest BCUT2D eigenvalue weighted by molar-refractivity contribution is -2.00. The number of benzene rings is 3. The Morgan fingerprint density at radius 2 is 1.42 bits per heavy atom. The molecule has 3 heterocycles. The highest BCUT2D eigenvalue weighted by molar-refractivity contribution is 6.04. The average molecular weight is 1270 g/mol. The number of nitrogens with zero attached hydrogens (tertiary/aromatic N) is 4. The molecule has 16 heteroatoms. The number of hydrogen-bond donors (Lipinski definition) is 0. The maximum Gasteiger partial charge on any atom is 0.303 e. The summed E-state index contributed by atoms with van der Waals surface area (Å²) < 4.78 is 55.7. The number of halogens is 1. The second-order valence-corrected chi connectivity index (χ2v) is 30.7. The van der Waals surface area contributed by atoms with Crippen LogP contribution in [-0.2, 0) is 35.7 Å². The van der Waals surface area contributed by atoms with E-state index in [0.717, 1.165) is 116 Å². The van der Waals surface area contributed by atoms with E-state index >= 15 is 9.59 Å². The third-order valence-corrected chi connectivity index (χ3v) is 24.9. The number of anilines is 1. The van der Waals surface area contributed by atoms with E-state index in [1.54, 1.807) is 0 Å². The molecule has 0 N–H and O–H groups in total. The minimum Gasteiger partial charge on any atom is -0.459 e. The molecule has 91 heavy (non-hydrogen) atoms. The molecule has 0 spiro atoms. The van der Waals surface area contributed by atoms with E-state index in [0.29, 0.717) is 55.9 Å². The summed E-state index contributed by atoms with van der Waals surface area (Å²) in [5.74, 6) is 2.84. The number of carbonyl (C=O) groups is 4. The van der Waals surface area contributed by atoms with Crippen LogP contribution in [-0.4, -0.2) is 92.1 Å². The minimum atomic E-state index is -4.94. The van der Waals surface area contributed by atoms with E-state index in [-0.39, 0.29) is 57.2 Å². The topological polar surface area (TPSA) is 205 Å². The monoisotopic (exact) mass is 1260 g/mol. The number of hydrogen-bond acceptors (Lipinski definition) is 12. The number of allylic oxidation sites excluding steroid dienone is 6. The lowest BCUT2D eigenvalue weighted by Gasteiger charge is -2.72. The van der Waals surface area contributed by atoms with Crippen LogP contribution in [0.15, 0.2) is 101 Å². The van der Waals surface area contributed by atoms with Gasteiger partial charge in [-0.1, -0.05) is 116 Å². The maximum absolute atomic E-state index is 15.9. The van der Waals surface area contributed by atoms with Crippen molar-refractivity contribution in [1.82, 2.24) is 14.4 Å². The first-order chi connectivity index (χ1) is 42.9. The summed E-state index contributed by atoms with van der Waals surface area (Å²) in [5, 5.41) is 1.11. The number of esters is 2. The SMILES string of the molecule is CC[N+](CC)=c1ccc2c(-c3ccccc3C(=O)N3CCN(C(=O)[C@]45CC[C@@H](C)[C@H](C)[C@H]4C4=CC[C@@H]6[C@@]7(C)C[C@@H](OC(C)=O)[C@H](OC(C)=O)C(C)(C)[C@@H]7CC[C@@]6(C)[C@]4(C)CC5)CC3)c3c(oc-2c1)/C(=C/C=C1/N(C)c2ccccc2C1(C)C)CCC3.[O-][Cl+3]([O-])([O-])[O-]. The normalized spacial score (nSPS) is 32.2. The number of carbonyl (C=O) groups excluding carboxylic acids is 4. The van der Waals surface area contributed by atoms with E-state index in [1.807, 2.05) is 17.0 Å². The van der Waals surface area contributed by atoms with Crippen LogP contribution in [0.25, 0.3) is 28.0 Å². The summed E-state index contributed by atoms with van der Waals surface area (Å²) >= 11 is 0. The van der Waals surface area contributed by atoms with Crippen LogP contribution in [0.5, 0.6) is 0 Å². The van der Waals surface area contributed by atoms with Crippen molar-refractivity contribution in [3.05, 3.63) is 124 Å². The lowest BCUT2D eigenvalue weighted by Crippen LogP contribution is -2.68. The molecule has 11 atom stereocenters. The fourth-order valence-electron chi connectivity index (χ4n) is 20.2. The molecule has 2 amide bonds. The van der Waals surface area contributed by atoms with Crippen molar-refractivity contribution in [3.63, 3.8) is 0 Å². The molecule has 490 valence electrons. The second-order valence-electron chi connectivity index (χ2n) is 30.0. The van der Waals surface area contributed by atoms with Gasteiger partial charge in [0.2, 0.25) is 11.3 Å². The van der Waals surface area contributed by atoms with Crippen molar-refractivity contribution < 1.29 is 61.9 Å². The first-order valence-electron chi connectivity index (χ1n) is 33.6. The van der Waals surface area contributed by atoms with E-state index in [1.165, 1.54) is 41.9 Å². The Labute approximate surface area is 541 Å². The smallest absolute Gasteiger partial charge is 0.303 e. The Kier molecular flexibility index (Phi) is 17.8. The van der Waals surface area contributed by atoms with Gasteiger partial charge < -0.3 is 28.6 Å². The first kappa shape index (κ1) is 66.4. The molecule has 12 rings (SSSR count). The first-order valence-corrected chi connectivity index (χ1v) is 34.9. The largest absolute Gasteiger partial charge is 0.459 e. The molecule has 15 nitrogen and oxygen atoms in total. The van der Waals surface area contributed by atoms with Gasteiger partial charge in [-0.3, -0.25) is 19.2 Å². The third-order valence-electron chi connectivity index (χ3n) is 24.9. The summed E-state index contributed by atoms with van der Waals surface area (Å²) in [6.07, 6.45) is 16.2. The van der Waals surface area contributed by atoms with Gasteiger partial charge in [0.25, 0.3) is 5.91 Å². The number of rotatable bonds is 8. The van der Waals surface area contributed by atoms with Gasteiger partial charge in [-0.05, 0) is 171 Å². The molecule has 7 aliphatic carbocycles. The number of piperazine rings is 1. The fraction of sp³-hybridized carbons (Fsp3) is 0.587. The molecule has 0 radical (unpaired) electrons. The number of amides is 2. The molecule has 0 unspecified atom stereocenters. The van der Waals surface area contributed by atoms with Crippen LogP contribution in [0.4, 0.5) is 5.69 Å². The van der Waals surface area contributed by atoms with Gasteiger partial charge in [-0.2, -0.15) is 0 Å². The highest BCUT2D eigenvalue weighted by Crippen LogP contribution is 2.76. The van der Waals surface area contributed by atoms with E-state index in [4.69, 9.17) is 32.5 Å². The number of ether oxygens (including phenoxy) is 2. The molecule has 4 saturated carbocycles. The molecule has 2 aromatic rings. The van der Waals surface area contributed by atoms with Crippen LogP contribution in [0.1, 0.15) is 181 Å². The zero-order chi connectivity index (χ0) is 65.7. The van der Waals surface area contributed by atoms with Gasteiger partial charge in [0.1, 0.15) is 36.8 Å². The summed E-state index contributed by atoms with van der Waals surface area (Å²) in [5.41, 5.74) is 9.87. The summed E-state index contributed by atoms with van der Waals surface area (Å²) in [6, 6.07) is 23.5. The zero-order valence-electron chi connectivity index (χ0n) is 56.3. The molecule has 1 saturated heterocycles. The van der Waals surface area contributed by atoms with Gasteiger partial charge >= 0.3 is 11.9 Å². The van der Waals surface area contributed by atoms with E-state index in [9.17, 15) is 9.59 Å². The average Bonchev–Trinajstić information content (AvgIpc) is 1.20. The van der Waals surface area contributed by atoms with E-state index < -0.39 is 33.3 Å². The predicted octanol–water partition coefficient (Wildman–Crippen LogP) is 9.55. The molecule has 0 aromatic heterocycles. The number of para-hydroxylation sites is 1. The van der Waals surface area contributed by atoms with E-state index in [2.05, 4.69) is 170 Å². The fourth-order valence-corrected chi connectivity index (χ4v) is 20.2. The minimum absolute atomic E-state index is 0.00289. The van der Waals surface area contributed by atoms with Gasteiger partial charge in [0, 0.05) is 97.6 Å². The highest BCUT2D eigenvalue weighted by Gasteiger charge is 2.71. The molecule has 0 bridgehead atoms. The molecule has 5 fully saturated rings. The van der Waals surface area contributed by atoms with Gasteiger partial charge in [0.05, 0.1) is 11.5 Å². The Hall–Kier alpha value is -6.10. The van der Waals surface area contributed by atoms with Crippen LogP contribution in [0.2, 0.25) is 0 Å². The van der Waals surface area contributed by atoms with Crippen LogP contribution >= 0.6 is 0 Å². The Balaban J connectivity index is 0.00000164. The number of fused-ring (bicyclic) bond motifs is 10. The predicted molar refractivity (Wildman–Crippen MR) is 342 cm³/mol. The van der Waals surface area contributed by atoms with Crippen molar-refractivity contribution in [2.75, 3.05) is 51.2 Å².